The Morgan fingerprint density at radius 2 is 1.90 bits per heavy atom. The van der Waals surface area contributed by atoms with Gasteiger partial charge < -0.3 is 24.4 Å². The van der Waals surface area contributed by atoms with E-state index in [0.717, 1.165) is 24.3 Å². The molecule has 212 valence electrons. The summed E-state index contributed by atoms with van der Waals surface area (Å²) in [5.74, 6) is 1.50. The van der Waals surface area contributed by atoms with Crippen molar-refractivity contribution in [2.24, 2.45) is 7.05 Å². The molecule has 0 aliphatic carbocycles. The molecular formula is C30H28FN9O2. The lowest BCUT2D eigenvalue weighted by molar-refractivity contribution is -0.126. The molecule has 2 aliphatic rings. The van der Waals surface area contributed by atoms with Crippen LogP contribution in [0.2, 0.25) is 0 Å². The molecule has 0 spiro atoms. The van der Waals surface area contributed by atoms with E-state index in [0.29, 0.717) is 52.5 Å². The fraction of sp³-hybridized carbons (Fsp3) is 0.267. The van der Waals surface area contributed by atoms with E-state index in [4.69, 9.17) is 9.72 Å². The first-order valence-corrected chi connectivity index (χ1v) is 13.7. The highest BCUT2D eigenvalue weighted by Gasteiger charge is 2.41. The number of aromatic nitrogens is 6. The van der Waals surface area contributed by atoms with Gasteiger partial charge in [0.15, 0.2) is 17.3 Å². The Labute approximate surface area is 240 Å². The number of benzene rings is 1. The van der Waals surface area contributed by atoms with E-state index in [9.17, 15) is 4.79 Å². The summed E-state index contributed by atoms with van der Waals surface area (Å²) < 4.78 is 23.4. The SMILES string of the molecule is C=CC(=O)N1CC2CCC(C1)N2c1ccc2ncnc(Nc3ccc(Oc4cnc5c(c4)ncn5C)c(C)c3F)c2n1. The number of carbonyl (C=O) groups is 1. The number of likely N-dealkylation sites (tertiary alicyclic amines) is 1. The van der Waals surface area contributed by atoms with Crippen LogP contribution in [0.15, 0.2) is 61.8 Å². The summed E-state index contributed by atoms with van der Waals surface area (Å²) in [5.41, 5.74) is 3.16. The third-order valence-electron chi connectivity index (χ3n) is 8.04. The van der Waals surface area contributed by atoms with Crippen molar-refractivity contribution in [1.29, 1.82) is 0 Å². The highest BCUT2D eigenvalue weighted by atomic mass is 19.1. The number of carbonyl (C=O) groups excluding carboxylic acids is 1. The third kappa shape index (κ3) is 4.35. The van der Waals surface area contributed by atoms with Crippen LogP contribution in [-0.4, -0.2) is 65.5 Å². The van der Waals surface area contributed by atoms with E-state index >= 15 is 4.39 Å². The highest BCUT2D eigenvalue weighted by molar-refractivity contribution is 5.89. The quantitative estimate of drug-likeness (QED) is 0.294. The second-order valence-corrected chi connectivity index (χ2v) is 10.6. The molecule has 12 heteroatoms. The molecule has 2 unspecified atom stereocenters. The van der Waals surface area contributed by atoms with Gasteiger partial charge in [-0.15, -0.1) is 0 Å². The van der Waals surface area contributed by atoms with Gasteiger partial charge in [0.1, 0.15) is 34.7 Å². The molecule has 2 aliphatic heterocycles. The van der Waals surface area contributed by atoms with Crippen molar-refractivity contribution < 1.29 is 13.9 Å². The number of fused-ring (bicyclic) bond motifs is 4. The van der Waals surface area contributed by atoms with E-state index in [1.165, 1.54) is 12.4 Å². The molecule has 2 fully saturated rings. The molecule has 2 saturated heterocycles. The Kier molecular flexibility index (Phi) is 6.18. The molecule has 0 saturated carbocycles. The number of hydrogen-bond donors (Lipinski definition) is 1. The maximum Gasteiger partial charge on any atom is 0.246 e. The predicted octanol–water partition coefficient (Wildman–Crippen LogP) is 4.66. The minimum Gasteiger partial charge on any atom is -0.455 e. The average Bonchev–Trinajstić information content (AvgIpc) is 3.50. The topological polar surface area (TPSA) is 114 Å². The van der Waals surface area contributed by atoms with Gasteiger partial charge in [0.2, 0.25) is 5.91 Å². The lowest BCUT2D eigenvalue weighted by Crippen LogP contribution is -2.55. The van der Waals surface area contributed by atoms with Crippen LogP contribution in [0, 0.1) is 12.7 Å². The molecule has 2 bridgehead atoms. The van der Waals surface area contributed by atoms with Gasteiger partial charge in [-0.3, -0.25) is 4.79 Å². The smallest absolute Gasteiger partial charge is 0.246 e. The molecular weight excluding hydrogens is 537 g/mol. The summed E-state index contributed by atoms with van der Waals surface area (Å²) in [4.78, 5) is 38.8. The molecule has 11 nitrogen and oxygen atoms in total. The summed E-state index contributed by atoms with van der Waals surface area (Å²) in [6.45, 7) is 6.54. The standard InChI is InChI=1S/C30H28FN9O2/c1-4-26(41)39-13-18-5-6-19(14-39)40(18)25-10-8-22-28(37-25)29(34-15-33-22)36-21-7-9-24(17(2)27(21)31)42-20-11-23-30(32-12-20)38(3)16-35-23/h4,7-12,15-16,18-19H,1,5-6,13-14H2,2-3H3,(H,33,34,36). The van der Waals surface area contributed by atoms with Crippen molar-refractivity contribution in [3.05, 3.63) is 73.2 Å². The number of imidazole rings is 1. The highest BCUT2D eigenvalue weighted by Crippen LogP contribution is 2.36. The van der Waals surface area contributed by atoms with Crippen LogP contribution in [0.5, 0.6) is 11.5 Å². The van der Waals surface area contributed by atoms with Crippen molar-refractivity contribution in [3.63, 3.8) is 0 Å². The zero-order valence-corrected chi connectivity index (χ0v) is 23.2. The largest absolute Gasteiger partial charge is 0.455 e. The maximum absolute atomic E-state index is 15.6. The first-order chi connectivity index (χ1) is 20.4. The Balaban J connectivity index is 1.16. The predicted molar refractivity (Wildman–Crippen MR) is 156 cm³/mol. The minimum atomic E-state index is -0.469. The molecule has 7 rings (SSSR count). The van der Waals surface area contributed by atoms with E-state index in [1.807, 2.05) is 28.6 Å². The molecule has 6 heterocycles. The lowest BCUT2D eigenvalue weighted by Gasteiger charge is -2.41. The second-order valence-electron chi connectivity index (χ2n) is 10.6. The zero-order valence-electron chi connectivity index (χ0n) is 23.2. The number of nitrogens with one attached hydrogen (secondary N) is 1. The van der Waals surface area contributed by atoms with Gasteiger partial charge in [-0.05, 0) is 50.1 Å². The monoisotopic (exact) mass is 565 g/mol. The van der Waals surface area contributed by atoms with Gasteiger partial charge in [-0.1, -0.05) is 6.58 Å². The minimum absolute atomic E-state index is 0.0439. The van der Waals surface area contributed by atoms with Crippen LogP contribution in [0.4, 0.5) is 21.7 Å². The Morgan fingerprint density at radius 1 is 1.10 bits per heavy atom. The van der Waals surface area contributed by atoms with Gasteiger partial charge in [0.05, 0.1) is 23.7 Å². The fourth-order valence-electron chi connectivity index (χ4n) is 5.93. The van der Waals surface area contributed by atoms with Gasteiger partial charge in [0.25, 0.3) is 0 Å². The maximum atomic E-state index is 15.6. The van der Waals surface area contributed by atoms with Crippen LogP contribution in [-0.2, 0) is 11.8 Å². The molecule has 1 amide bonds. The molecule has 4 aromatic heterocycles. The molecule has 42 heavy (non-hydrogen) atoms. The van der Waals surface area contributed by atoms with Gasteiger partial charge in [0, 0.05) is 43.9 Å². The molecule has 2 atom stereocenters. The van der Waals surface area contributed by atoms with Crippen LogP contribution >= 0.6 is 0 Å². The molecule has 0 radical (unpaired) electrons. The first-order valence-electron chi connectivity index (χ1n) is 13.7. The summed E-state index contributed by atoms with van der Waals surface area (Å²) in [6.07, 6.45) is 8.03. The zero-order chi connectivity index (χ0) is 29.0. The fourth-order valence-corrected chi connectivity index (χ4v) is 5.93. The second kappa shape index (κ2) is 10.1. The van der Waals surface area contributed by atoms with Gasteiger partial charge in [-0.25, -0.2) is 29.3 Å². The number of pyridine rings is 2. The van der Waals surface area contributed by atoms with E-state index < -0.39 is 5.82 Å². The Bertz CT molecular complexity index is 1860. The summed E-state index contributed by atoms with van der Waals surface area (Å²) in [7, 11) is 1.87. The lowest BCUT2D eigenvalue weighted by atomic mass is 10.1. The summed E-state index contributed by atoms with van der Waals surface area (Å²) >= 11 is 0. The molecule has 1 N–H and O–H groups in total. The molecule has 1 aromatic carbocycles. The summed E-state index contributed by atoms with van der Waals surface area (Å²) in [5, 5.41) is 3.12. The first kappa shape index (κ1) is 25.8. The van der Waals surface area contributed by atoms with Crippen molar-refractivity contribution in [2.45, 2.75) is 31.8 Å². The van der Waals surface area contributed by atoms with E-state index in [2.05, 4.69) is 36.7 Å². The number of amides is 1. The Hall–Kier alpha value is -5.13. The normalized spacial score (nSPS) is 18.1. The number of ether oxygens (including phenoxy) is 1. The Morgan fingerprint density at radius 3 is 2.69 bits per heavy atom. The number of nitrogens with zero attached hydrogens (tertiary/aromatic N) is 8. The summed E-state index contributed by atoms with van der Waals surface area (Å²) in [6, 6.07) is 9.26. The number of anilines is 3. The number of halogens is 1. The van der Waals surface area contributed by atoms with Gasteiger partial charge in [-0.2, -0.15) is 0 Å². The number of aryl methyl sites for hydroxylation is 1. The van der Waals surface area contributed by atoms with Gasteiger partial charge >= 0.3 is 0 Å². The van der Waals surface area contributed by atoms with Crippen LogP contribution < -0.4 is 15.0 Å². The van der Waals surface area contributed by atoms with Crippen molar-refractivity contribution in [3.8, 4) is 11.5 Å². The third-order valence-corrected chi connectivity index (χ3v) is 8.04. The van der Waals surface area contributed by atoms with Crippen LogP contribution in [0.3, 0.4) is 0 Å². The van der Waals surface area contributed by atoms with Crippen molar-refractivity contribution in [1.82, 2.24) is 34.4 Å². The van der Waals surface area contributed by atoms with Crippen molar-refractivity contribution >= 4 is 45.4 Å². The van der Waals surface area contributed by atoms with Crippen LogP contribution in [0.25, 0.3) is 22.2 Å². The van der Waals surface area contributed by atoms with Crippen molar-refractivity contribution in [2.75, 3.05) is 23.3 Å². The molecule has 5 aromatic rings. The average molecular weight is 566 g/mol. The van der Waals surface area contributed by atoms with Crippen LogP contribution in [0.1, 0.15) is 18.4 Å². The number of rotatable bonds is 6. The van der Waals surface area contributed by atoms with E-state index in [1.54, 1.807) is 37.6 Å². The number of hydrogen-bond acceptors (Lipinski definition) is 9. The van der Waals surface area contributed by atoms with E-state index in [-0.39, 0.29) is 23.7 Å². The number of piperazine rings is 1.